The minimum atomic E-state index is -3.17. The molecule has 0 radical (unpaired) electrons. The minimum Gasteiger partial charge on any atom is -0.488 e. The van der Waals surface area contributed by atoms with Crippen LogP contribution in [0.4, 0.5) is 0 Å². The van der Waals surface area contributed by atoms with E-state index in [1.54, 1.807) is 21.0 Å². The first-order valence-corrected chi connectivity index (χ1v) is 12.9. The molecule has 8 heteroatoms. The number of rotatable bonds is 12. The van der Waals surface area contributed by atoms with Gasteiger partial charge < -0.3 is 27.8 Å². The Labute approximate surface area is 185 Å². The zero-order chi connectivity index (χ0) is 22.3. The number of hydrogen-bond acceptors (Lipinski definition) is 6. The van der Waals surface area contributed by atoms with Crippen molar-refractivity contribution in [2.75, 3.05) is 33.3 Å². The monoisotopic (exact) mass is 453 g/mol. The fourth-order valence-electron chi connectivity index (χ4n) is 4.15. The lowest BCUT2D eigenvalue weighted by Gasteiger charge is -2.34. The summed E-state index contributed by atoms with van der Waals surface area (Å²) in [6.45, 7) is 7.58. The Bertz CT molecular complexity index is 859. The van der Waals surface area contributed by atoms with E-state index in [1.165, 1.54) is 6.42 Å². The topological polar surface area (TPSA) is 68.2 Å². The van der Waals surface area contributed by atoms with Crippen molar-refractivity contribution in [2.45, 2.75) is 58.8 Å². The molecule has 0 bridgehead atoms. The number of benzene rings is 1. The first-order valence-electron chi connectivity index (χ1n) is 11.2. The Hall–Kier alpha value is -1.37. The van der Waals surface area contributed by atoms with Gasteiger partial charge in [0.2, 0.25) is 0 Å². The van der Waals surface area contributed by atoms with Gasteiger partial charge in [-0.2, -0.15) is 0 Å². The lowest BCUT2D eigenvalue weighted by molar-refractivity contribution is -0.0356. The highest BCUT2D eigenvalue weighted by Crippen LogP contribution is 2.47. The zero-order valence-corrected chi connectivity index (χ0v) is 20.0. The van der Waals surface area contributed by atoms with Gasteiger partial charge in [0.05, 0.1) is 25.9 Å². The predicted molar refractivity (Wildman–Crippen MR) is 122 cm³/mol. The van der Waals surface area contributed by atoms with Crippen molar-refractivity contribution < 1.29 is 27.8 Å². The van der Waals surface area contributed by atoms with E-state index in [4.69, 9.17) is 23.3 Å². The van der Waals surface area contributed by atoms with Crippen LogP contribution in [-0.2, 0) is 29.6 Å². The quantitative estimate of drug-likeness (QED) is 0.314. The highest BCUT2D eigenvalue weighted by molar-refractivity contribution is 7.53. The lowest BCUT2D eigenvalue weighted by atomic mass is 9.86. The molecule has 1 saturated carbocycles. The van der Waals surface area contributed by atoms with Crippen LogP contribution in [0.2, 0.25) is 0 Å². The summed E-state index contributed by atoms with van der Waals surface area (Å²) >= 11 is 0. The Kier molecular flexibility index (Phi) is 8.99. The minimum absolute atomic E-state index is 0.0352. The van der Waals surface area contributed by atoms with Crippen molar-refractivity contribution in [1.29, 1.82) is 0 Å². The van der Waals surface area contributed by atoms with Crippen LogP contribution in [0.25, 0.3) is 10.9 Å². The molecule has 1 aliphatic carbocycles. The summed E-state index contributed by atoms with van der Waals surface area (Å²) in [5.41, 5.74) is 1.11. The fourth-order valence-corrected chi connectivity index (χ4v) is 5.51. The summed E-state index contributed by atoms with van der Waals surface area (Å²) in [6, 6.07) is 8.24. The normalized spacial score (nSPS) is 22.1. The number of nitrogens with zero attached hydrogens (tertiary/aromatic N) is 1. The van der Waals surface area contributed by atoms with E-state index >= 15 is 0 Å². The molecule has 0 amide bonds. The summed E-state index contributed by atoms with van der Waals surface area (Å²) < 4.78 is 42.6. The maximum Gasteiger partial charge on any atom is 0.356 e. The molecule has 3 atom stereocenters. The first kappa shape index (κ1) is 24.3. The third-order valence-corrected chi connectivity index (χ3v) is 7.51. The van der Waals surface area contributed by atoms with Crippen molar-refractivity contribution >= 4 is 18.5 Å². The van der Waals surface area contributed by atoms with Crippen molar-refractivity contribution in [2.24, 2.45) is 5.92 Å². The highest BCUT2D eigenvalue weighted by atomic mass is 31.2. The second kappa shape index (κ2) is 11.5. The van der Waals surface area contributed by atoms with Crippen LogP contribution in [0.3, 0.4) is 0 Å². The average Bonchev–Trinajstić information content (AvgIpc) is 3.15. The zero-order valence-electron chi connectivity index (χ0n) is 19.1. The maximum absolute atomic E-state index is 12.5. The van der Waals surface area contributed by atoms with Crippen LogP contribution in [0.1, 0.15) is 40.0 Å². The third-order valence-electron chi connectivity index (χ3n) is 5.70. The van der Waals surface area contributed by atoms with Crippen molar-refractivity contribution in [3.8, 4) is 5.75 Å². The standard InChI is InChI=1S/C23H36NO6P/c1-5-28-31(25,29-6-2)17-27-14-13-24-12-11-19-16-20(8-9-21(19)24)30-22-10-7-18(3)15-23(22)26-4/h8-9,11-12,16,18,22-23H,5-7,10,13-15,17H2,1-4H3/t18?,22?,23-/m1/s1. The van der Waals surface area contributed by atoms with Crippen LogP contribution in [-0.4, -0.2) is 50.1 Å². The highest BCUT2D eigenvalue weighted by Gasteiger charge is 2.30. The second-order valence-electron chi connectivity index (χ2n) is 8.06. The van der Waals surface area contributed by atoms with E-state index in [2.05, 4.69) is 29.7 Å². The Morgan fingerprint density at radius 1 is 1.10 bits per heavy atom. The van der Waals surface area contributed by atoms with E-state index in [0.29, 0.717) is 32.3 Å². The van der Waals surface area contributed by atoms with Crippen LogP contribution in [0.15, 0.2) is 30.5 Å². The van der Waals surface area contributed by atoms with Crippen LogP contribution < -0.4 is 4.74 Å². The molecule has 1 aliphatic rings. The smallest absolute Gasteiger partial charge is 0.356 e. The van der Waals surface area contributed by atoms with Gasteiger partial charge in [-0.05, 0) is 63.3 Å². The van der Waals surface area contributed by atoms with Crippen molar-refractivity contribution in [3.63, 3.8) is 0 Å². The van der Waals surface area contributed by atoms with Gasteiger partial charge in [-0.1, -0.05) is 6.92 Å². The van der Waals surface area contributed by atoms with Gasteiger partial charge >= 0.3 is 7.60 Å². The molecule has 0 saturated heterocycles. The van der Waals surface area contributed by atoms with Gasteiger partial charge in [-0.3, -0.25) is 4.57 Å². The molecule has 1 heterocycles. The molecule has 174 valence electrons. The predicted octanol–water partition coefficient (Wildman–Crippen LogP) is 5.46. The Morgan fingerprint density at radius 3 is 2.58 bits per heavy atom. The number of ether oxygens (including phenoxy) is 3. The molecule has 0 N–H and O–H groups in total. The Balaban J connectivity index is 1.56. The van der Waals surface area contributed by atoms with Gasteiger partial charge in [-0.15, -0.1) is 0 Å². The largest absolute Gasteiger partial charge is 0.488 e. The fraction of sp³-hybridized carbons (Fsp3) is 0.652. The summed E-state index contributed by atoms with van der Waals surface area (Å²) in [5, 5.41) is 1.12. The van der Waals surface area contributed by atoms with E-state index in [9.17, 15) is 4.57 Å². The molecule has 1 aromatic carbocycles. The number of aromatic nitrogens is 1. The van der Waals surface area contributed by atoms with Crippen LogP contribution >= 0.6 is 7.60 Å². The van der Waals surface area contributed by atoms with Gasteiger partial charge in [0.1, 0.15) is 18.2 Å². The molecule has 31 heavy (non-hydrogen) atoms. The summed E-state index contributed by atoms with van der Waals surface area (Å²) in [5.74, 6) is 1.55. The van der Waals surface area contributed by atoms with E-state index in [1.807, 2.05) is 12.3 Å². The molecular formula is C23H36NO6P. The van der Waals surface area contributed by atoms with E-state index in [-0.39, 0.29) is 18.6 Å². The molecule has 2 unspecified atom stereocenters. The molecule has 7 nitrogen and oxygen atoms in total. The average molecular weight is 454 g/mol. The third kappa shape index (κ3) is 6.56. The number of hydrogen-bond donors (Lipinski definition) is 0. The molecule has 1 fully saturated rings. The van der Waals surface area contributed by atoms with Crippen LogP contribution in [0.5, 0.6) is 5.75 Å². The van der Waals surface area contributed by atoms with E-state index < -0.39 is 7.60 Å². The van der Waals surface area contributed by atoms with Gasteiger partial charge in [0.15, 0.2) is 0 Å². The Morgan fingerprint density at radius 2 is 1.87 bits per heavy atom. The molecule has 3 rings (SSSR count). The molecule has 2 aromatic rings. The summed E-state index contributed by atoms with van der Waals surface area (Å²) in [7, 11) is -1.40. The number of methoxy groups -OCH3 is 1. The van der Waals surface area contributed by atoms with Crippen molar-refractivity contribution in [3.05, 3.63) is 30.5 Å². The van der Waals surface area contributed by atoms with Crippen molar-refractivity contribution in [1.82, 2.24) is 4.57 Å². The van der Waals surface area contributed by atoms with Gasteiger partial charge in [0.25, 0.3) is 0 Å². The molecule has 1 aromatic heterocycles. The first-order chi connectivity index (χ1) is 15.0. The summed E-state index contributed by atoms with van der Waals surface area (Å²) in [6.07, 6.45) is 5.46. The molecule has 0 spiro atoms. The second-order valence-corrected chi connectivity index (χ2v) is 10.1. The van der Waals surface area contributed by atoms with Crippen LogP contribution in [0, 0.1) is 5.92 Å². The number of fused-ring (bicyclic) bond motifs is 1. The molecular weight excluding hydrogens is 417 g/mol. The van der Waals surface area contributed by atoms with E-state index in [0.717, 1.165) is 29.5 Å². The van der Waals surface area contributed by atoms with Gasteiger partial charge in [0, 0.05) is 30.8 Å². The summed E-state index contributed by atoms with van der Waals surface area (Å²) in [4.78, 5) is 0. The molecule has 0 aliphatic heterocycles. The lowest BCUT2D eigenvalue weighted by Crippen LogP contribution is -2.38. The van der Waals surface area contributed by atoms with Gasteiger partial charge in [-0.25, -0.2) is 0 Å². The SMILES string of the molecule is CCOP(=O)(COCCn1ccc2cc(OC3CCC(C)C[C@H]3OC)ccc21)OCC. The maximum atomic E-state index is 12.5.